The van der Waals surface area contributed by atoms with E-state index < -0.39 is 0 Å². The first-order valence-electron chi connectivity index (χ1n) is 4.81. The van der Waals surface area contributed by atoms with Gasteiger partial charge in [-0.05, 0) is 12.2 Å². The van der Waals surface area contributed by atoms with Crippen LogP contribution in [0.4, 0.5) is 0 Å². The first kappa shape index (κ1) is 10.4. The summed E-state index contributed by atoms with van der Waals surface area (Å²) < 4.78 is 5.28. The summed E-state index contributed by atoms with van der Waals surface area (Å²) in [7, 11) is 0. The summed E-state index contributed by atoms with van der Waals surface area (Å²) in [4.78, 5) is 2.49. The van der Waals surface area contributed by atoms with Gasteiger partial charge in [-0.2, -0.15) is 11.8 Å². The fraction of sp³-hybridized carbons (Fsp3) is 1.00. The lowest BCUT2D eigenvalue weighted by Crippen LogP contribution is -2.37. The molecular formula is C9H19NOS. The molecule has 0 spiro atoms. The summed E-state index contributed by atoms with van der Waals surface area (Å²) in [5.74, 6) is 2.60. The Labute approximate surface area is 79.6 Å². The van der Waals surface area contributed by atoms with Crippen molar-refractivity contribution in [1.29, 1.82) is 0 Å². The number of rotatable bonds is 5. The highest BCUT2D eigenvalue weighted by molar-refractivity contribution is 7.99. The molecule has 1 rings (SSSR count). The van der Waals surface area contributed by atoms with Gasteiger partial charge < -0.3 is 4.74 Å². The van der Waals surface area contributed by atoms with Gasteiger partial charge in [-0.3, -0.25) is 4.90 Å². The van der Waals surface area contributed by atoms with Crippen LogP contribution in [0.25, 0.3) is 0 Å². The van der Waals surface area contributed by atoms with Crippen molar-refractivity contribution < 1.29 is 4.74 Å². The maximum absolute atomic E-state index is 5.28. The van der Waals surface area contributed by atoms with Crippen LogP contribution in [-0.4, -0.2) is 49.3 Å². The van der Waals surface area contributed by atoms with Gasteiger partial charge in [-0.1, -0.05) is 6.92 Å². The average Bonchev–Trinajstić information content (AvgIpc) is 2.14. The quantitative estimate of drug-likeness (QED) is 0.608. The van der Waals surface area contributed by atoms with Gasteiger partial charge >= 0.3 is 0 Å². The van der Waals surface area contributed by atoms with Gasteiger partial charge in [0.25, 0.3) is 0 Å². The van der Waals surface area contributed by atoms with Crippen LogP contribution in [-0.2, 0) is 4.74 Å². The Morgan fingerprint density at radius 1 is 1.25 bits per heavy atom. The summed E-state index contributed by atoms with van der Waals surface area (Å²) in [6.45, 7) is 7.60. The van der Waals surface area contributed by atoms with E-state index in [1.165, 1.54) is 24.5 Å². The smallest absolute Gasteiger partial charge is 0.0594 e. The molecule has 0 aromatic heterocycles. The molecule has 0 aliphatic carbocycles. The second-order valence-electron chi connectivity index (χ2n) is 3.07. The number of hydrogen-bond donors (Lipinski definition) is 0. The fourth-order valence-electron chi connectivity index (χ4n) is 1.26. The fourth-order valence-corrected chi connectivity index (χ4v) is 2.14. The van der Waals surface area contributed by atoms with Crippen molar-refractivity contribution in [3.8, 4) is 0 Å². The van der Waals surface area contributed by atoms with E-state index >= 15 is 0 Å². The van der Waals surface area contributed by atoms with Gasteiger partial charge in [-0.25, -0.2) is 0 Å². The molecule has 3 heteroatoms. The third kappa shape index (κ3) is 4.33. The molecule has 0 saturated carbocycles. The molecule has 0 aromatic carbocycles. The zero-order valence-corrected chi connectivity index (χ0v) is 8.74. The van der Waals surface area contributed by atoms with Crippen LogP contribution in [0.1, 0.15) is 13.3 Å². The monoisotopic (exact) mass is 189 g/mol. The highest BCUT2D eigenvalue weighted by Gasteiger charge is 2.08. The highest BCUT2D eigenvalue weighted by Crippen LogP contribution is 2.04. The van der Waals surface area contributed by atoms with Crippen LogP contribution >= 0.6 is 11.8 Å². The number of nitrogens with zero attached hydrogens (tertiary/aromatic N) is 1. The van der Waals surface area contributed by atoms with Crippen molar-refractivity contribution in [2.45, 2.75) is 13.3 Å². The third-order valence-corrected chi connectivity index (χ3v) is 3.17. The molecule has 1 saturated heterocycles. The predicted molar refractivity (Wildman–Crippen MR) is 54.9 cm³/mol. The summed E-state index contributed by atoms with van der Waals surface area (Å²) >= 11 is 2.06. The normalized spacial score (nSPS) is 19.8. The van der Waals surface area contributed by atoms with Crippen LogP contribution < -0.4 is 0 Å². The molecule has 0 atom stereocenters. The largest absolute Gasteiger partial charge is 0.379 e. The minimum Gasteiger partial charge on any atom is -0.379 e. The van der Waals surface area contributed by atoms with Gasteiger partial charge in [-0.15, -0.1) is 0 Å². The number of ether oxygens (including phenoxy) is 1. The van der Waals surface area contributed by atoms with Gasteiger partial charge in [0.1, 0.15) is 0 Å². The molecule has 1 aliphatic heterocycles. The number of thioether (sulfide) groups is 1. The molecule has 1 heterocycles. The molecule has 0 bridgehead atoms. The van der Waals surface area contributed by atoms with Crippen molar-refractivity contribution in [3.63, 3.8) is 0 Å². The predicted octanol–water partition coefficient (Wildman–Crippen LogP) is 1.46. The average molecular weight is 189 g/mol. The Bertz CT molecular complexity index is 105. The molecule has 1 fully saturated rings. The van der Waals surface area contributed by atoms with Crippen LogP contribution in [0.5, 0.6) is 0 Å². The van der Waals surface area contributed by atoms with Crippen molar-refractivity contribution in [2.75, 3.05) is 44.4 Å². The van der Waals surface area contributed by atoms with E-state index in [0.717, 1.165) is 26.3 Å². The Kier molecular flexibility index (Phi) is 5.82. The lowest BCUT2D eigenvalue weighted by molar-refractivity contribution is 0.0410. The van der Waals surface area contributed by atoms with Crippen molar-refractivity contribution in [1.82, 2.24) is 4.90 Å². The standard InChI is InChI=1S/C9H19NOS/c1-2-8-12-9-5-10-3-6-11-7-4-10/h2-9H2,1H3. The Morgan fingerprint density at radius 2 is 2.00 bits per heavy atom. The van der Waals surface area contributed by atoms with Crippen LogP contribution in [0, 0.1) is 0 Å². The molecule has 1 aliphatic rings. The van der Waals surface area contributed by atoms with E-state index in [4.69, 9.17) is 4.74 Å². The number of morpholine rings is 1. The Hall–Kier alpha value is 0.270. The topological polar surface area (TPSA) is 12.5 Å². The zero-order valence-electron chi connectivity index (χ0n) is 7.92. The Morgan fingerprint density at radius 3 is 2.67 bits per heavy atom. The summed E-state index contributed by atoms with van der Waals surface area (Å²) in [6.07, 6.45) is 1.30. The van der Waals surface area contributed by atoms with Crippen molar-refractivity contribution >= 4 is 11.8 Å². The van der Waals surface area contributed by atoms with Gasteiger partial charge in [0.15, 0.2) is 0 Å². The first-order chi connectivity index (χ1) is 5.93. The SMILES string of the molecule is CCCSCCN1CCOCC1. The van der Waals surface area contributed by atoms with Gasteiger partial charge in [0.2, 0.25) is 0 Å². The van der Waals surface area contributed by atoms with E-state index in [2.05, 4.69) is 23.6 Å². The highest BCUT2D eigenvalue weighted by atomic mass is 32.2. The van der Waals surface area contributed by atoms with E-state index in [-0.39, 0.29) is 0 Å². The van der Waals surface area contributed by atoms with Gasteiger partial charge in [0.05, 0.1) is 13.2 Å². The minimum absolute atomic E-state index is 0.929. The molecule has 12 heavy (non-hydrogen) atoms. The summed E-state index contributed by atoms with van der Waals surface area (Å²) in [6, 6.07) is 0. The van der Waals surface area contributed by atoms with E-state index in [0.29, 0.717) is 0 Å². The van der Waals surface area contributed by atoms with Crippen LogP contribution in [0.15, 0.2) is 0 Å². The van der Waals surface area contributed by atoms with E-state index in [1.54, 1.807) is 0 Å². The summed E-state index contributed by atoms with van der Waals surface area (Å²) in [5, 5.41) is 0. The summed E-state index contributed by atoms with van der Waals surface area (Å²) in [5.41, 5.74) is 0. The first-order valence-corrected chi connectivity index (χ1v) is 5.97. The molecular weight excluding hydrogens is 170 g/mol. The Balaban J connectivity index is 1.91. The molecule has 0 N–H and O–H groups in total. The maximum Gasteiger partial charge on any atom is 0.0594 e. The lowest BCUT2D eigenvalue weighted by atomic mass is 10.4. The van der Waals surface area contributed by atoms with Gasteiger partial charge in [0, 0.05) is 25.4 Å². The molecule has 0 unspecified atom stereocenters. The second-order valence-corrected chi connectivity index (χ2v) is 4.29. The van der Waals surface area contributed by atoms with Crippen molar-refractivity contribution in [3.05, 3.63) is 0 Å². The zero-order chi connectivity index (χ0) is 8.65. The second kappa shape index (κ2) is 6.75. The molecule has 2 nitrogen and oxygen atoms in total. The molecule has 72 valence electrons. The lowest BCUT2D eigenvalue weighted by Gasteiger charge is -2.26. The molecule has 0 radical (unpaired) electrons. The van der Waals surface area contributed by atoms with E-state index in [9.17, 15) is 0 Å². The van der Waals surface area contributed by atoms with E-state index in [1.807, 2.05) is 0 Å². The van der Waals surface area contributed by atoms with Crippen LogP contribution in [0.2, 0.25) is 0 Å². The third-order valence-electron chi connectivity index (χ3n) is 2.00. The molecule has 0 aromatic rings. The van der Waals surface area contributed by atoms with Crippen molar-refractivity contribution in [2.24, 2.45) is 0 Å². The minimum atomic E-state index is 0.929. The number of hydrogen-bond acceptors (Lipinski definition) is 3. The van der Waals surface area contributed by atoms with Crippen LogP contribution in [0.3, 0.4) is 0 Å². The maximum atomic E-state index is 5.28. The molecule has 0 amide bonds.